The van der Waals surface area contributed by atoms with Crippen molar-refractivity contribution in [3.63, 3.8) is 0 Å². The van der Waals surface area contributed by atoms with Gasteiger partial charge >= 0.3 is 6.18 Å². The van der Waals surface area contributed by atoms with Gasteiger partial charge in [0.1, 0.15) is 5.25 Å². The third-order valence-corrected chi connectivity index (χ3v) is 3.98. The minimum atomic E-state index is -4.76. The van der Waals surface area contributed by atoms with Crippen molar-refractivity contribution in [2.75, 3.05) is 0 Å². The molecule has 0 bridgehead atoms. The Morgan fingerprint density at radius 2 is 1.83 bits per heavy atom. The second-order valence-corrected chi connectivity index (χ2v) is 5.75. The van der Waals surface area contributed by atoms with Crippen LogP contribution in [0.25, 0.3) is 0 Å². The highest BCUT2D eigenvalue weighted by Gasteiger charge is 2.51. The maximum Gasteiger partial charge on any atom is 0.412 e. The van der Waals surface area contributed by atoms with Gasteiger partial charge in [-0.05, 0) is 17.7 Å². The summed E-state index contributed by atoms with van der Waals surface area (Å²) in [5.74, 6) is -5.66. The number of nitrogens with one attached hydrogen (secondary N) is 1. The zero-order chi connectivity index (χ0) is 17.4. The van der Waals surface area contributed by atoms with Crippen LogP contribution in [-0.4, -0.2) is 28.5 Å². The van der Waals surface area contributed by atoms with E-state index in [1.807, 2.05) is 0 Å². The van der Waals surface area contributed by atoms with Gasteiger partial charge in [-0.1, -0.05) is 11.8 Å². The largest absolute Gasteiger partial charge is 0.412 e. The zero-order valence-corrected chi connectivity index (χ0v) is 11.9. The lowest BCUT2D eigenvalue weighted by molar-refractivity contribution is -0.151. The van der Waals surface area contributed by atoms with E-state index in [1.54, 1.807) is 0 Å². The fourth-order valence-electron chi connectivity index (χ4n) is 1.87. The van der Waals surface area contributed by atoms with Crippen LogP contribution < -0.4 is 11.1 Å². The van der Waals surface area contributed by atoms with E-state index in [1.165, 1.54) is 0 Å². The first-order chi connectivity index (χ1) is 10.6. The number of amidine groups is 1. The second-order valence-electron chi connectivity index (χ2n) is 4.58. The highest BCUT2D eigenvalue weighted by atomic mass is 32.2. The zero-order valence-electron chi connectivity index (χ0n) is 11.1. The van der Waals surface area contributed by atoms with E-state index in [0.29, 0.717) is 23.9 Å². The van der Waals surface area contributed by atoms with Gasteiger partial charge in [0, 0.05) is 6.54 Å². The molecule has 2 atom stereocenters. The Kier molecular flexibility index (Phi) is 4.78. The van der Waals surface area contributed by atoms with Crippen molar-refractivity contribution in [3.05, 3.63) is 35.1 Å². The predicted octanol–water partition coefficient (Wildman–Crippen LogP) is 2.08. The number of carbonyl (C=O) groups is 1. The molecule has 23 heavy (non-hydrogen) atoms. The van der Waals surface area contributed by atoms with Gasteiger partial charge in [0.15, 0.2) is 28.7 Å². The van der Waals surface area contributed by atoms with E-state index in [-0.39, 0.29) is 10.7 Å². The van der Waals surface area contributed by atoms with Gasteiger partial charge in [0.2, 0.25) is 5.91 Å². The van der Waals surface area contributed by atoms with Crippen molar-refractivity contribution in [2.45, 2.75) is 24.0 Å². The summed E-state index contributed by atoms with van der Waals surface area (Å²) in [6.07, 6.45) is -4.76. The molecule has 0 radical (unpaired) electrons. The fourth-order valence-corrected chi connectivity index (χ4v) is 2.84. The van der Waals surface area contributed by atoms with Crippen LogP contribution in [0.3, 0.4) is 0 Å². The molecule has 4 nitrogen and oxygen atoms in total. The Hall–Kier alpha value is -1.91. The highest BCUT2D eigenvalue weighted by molar-refractivity contribution is 8.15. The van der Waals surface area contributed by atoms with Crippen LogP contribution in [0, 0.1) is 17.5 Å². The Morgan fingerprint density at radius 3 is 2.35 bits per heavy atom. The molecule has 1 heterocycles. The quantitative estimate of drug-likeness (QED) is 0.643. The number of rotatable bonds is 3. The first kappa shape index (κ1) is 17.4. The molecule has 0 aromatic heterocycles. The fraction of sp³-hybridized carbons (Fsp3) is 0.333. The van der Waals surface area contributed by atoms with Gasteiger partial charge < -0.3 is 11.1 Å². The number of thioether (sulfide) groups is 1. The number of benzene rings is 1. The molecule has 0 spiro atoms. The molecule has 0 saturated carbocycles. The van der Waals surface area contributed by atoms with E-state index in [2.05, 4.69) is 10.3 Å². The summed E-state index contributed by atoms with van der Waals surface area (Å²) in [5, 5.41) is 0.0758. The molecule has 1 aromatic rings. The van der Waals surface area contributed by atoms with E-state index in [9.17, 15) is 31.1 Å². The number of aliphatic imine (C=N–C) groups is 1. The van der Waals surface area contributed by atoms with E-state index < -0.39 is 47.4 Å². The molecule has 11 heteroatoms. The van der Waals surface area contributed by atoms with Crippen LogP contribution in [0.1, 0.15) is 5.56 Å². The van der Waals surface area contributed by atoms with Crippen LogP contribution in [-0.2, 0) is 11.3 Å². The monoisotopic (exact) mass is 357 g/mol. The molecular weight excluding hydrogens is 348 g/mol. The first-order valence-electron chi connectivity index (χ1n) is 6.07. The number of nitrogens with zero attached hydrogens (tertiary/aromatic N) is 1. The van der Waals surface area contributed by atoms with Gasteiger partial charge in [0.05, 0.1) is 0 Å². The standard InChI is InChI=1S/C12H9F6N3OS/c13-5-1-4(2-6(14)7(5)15)3-20-10(22)8-9(12(16,17)18)21-11(19)23-8/h1-2,8-9H,3H2,(H2,19,21)(H,20,22). The molecular formula is C12H9F6N3OS. The summed E-state index contributed by atoms with van der Waals surface area (Å²) in [6, 6.07) is -1.03. The van der Waals surface area contributed by atoms with Crippen LogP contribution in [0.5, 0.6) is 0 Å². The highest BCUT2D eigenvalue weighted by Crippen LogP contribution is 2.36. The third-order valence-electron chi connectivity index (χ3n) is 2.90. The minimum absolute atomic E-state index is 0.143. The van der Waals surface area contributed by atoms with Crippen molar-refractivity contribution >= 4 is 22.8 Å². The summed E-state index contributed by atoms with van der Waals surface area (Å²) in [4.78, 5) is 15.0. The molecule has 2 unspecified atom stereocenters. The average Bonchev–Trinajstić information content (AvgIpc) is 2.84. The molecule has 1 aliphatic heterocycles. The number of amides is 1. The Morgan fingerprint density at radius 1 is 1.26 bits per heavy atom. The summed E-state index contributed by atoms with van der Waals surface area (Å²) in [6.45, 7) is -0.478. The van der Waals surface area contributed by atoms with Gasteiger partial charge in [-0.15, -0.1) is 0 Å². The van der Waals surface area contributed by atoms with Crippen LogP contribution in [0.15, 0.2) is 17.1 Å². The lowest BCUT2D eigenvalue weighted by Gasteiger charge is -2.19. The molecule has 1 aliphatic rings. The van der Waals surface area contributed by atoms with Gasteiger partial charge in [0.25, 0.3) is 0 Å². The van der Waals surface area contributed by atoms with Crippen LogP contribution >= 0.6 is 11.8 Å². The SMILES string of the molecule is NC1=NC(C(F)(F)F)C(C(=O)NCc2cc(F)c(F)c(F)c2)S1. The summed E-state index contributed by atoms with van der Waals surface area (Å²) in [7, 11) is 0. The van der Waals surface area contributed by atoms with Gasteiger partial charge in [-0.2, -0.15) is 13.2 Å². The van der Waals surface area contributed by atoms with Crippen LogP contribution in [0.2, 0.25) is 0 Å². The smallest absolute Gasteiger partial charge is 0.379 e. The summed E-state index contributed by atoms with van der Waals surface area (Å²) >= 11 is 0.440. The van der Waals surface area contributed by atoms with Crippen molar-refractivity contribution in [3.8, 4) is 0 Å². The molecule has 0 saturated heterocycles. The van der Waals surface area contributed by atoms with Gasteiger partial charge in [-0.3, -0.25) is 4.79 Å². The lowest BCUT2D eigenvalue weighted by Crippen LogP contribution is -2.44. The molecule has 0 fully saturated rings. The van der Waals surface area contributed by atoms with Crippen molar-refractivity contribution in [1.29, 1.82) is 0 Å². The first-order valence-corrected chi connectivity index (χ1v) is 6.95. The number of hydrogen-bond donors (Lipinski definition) is 2. The average molecular weight is 357 g/mol. The molecule has 1 amide bonds. The number of halogens is 6. The van der Waals surface area contributed by atoms with Crippen molar-refractivity contribution in [1.82, 2.24) is 5.32 Å². The number of nitrogens with two attached hydrogens (primary N) is 1. The predicted molar refractivity (Wildman–Crippen MR) is 71.0 cm³/mol. The second kappa shape index (κ2) is 6.30. The van der Waals surface area contributed by atoms with Crippen LogP contribution in [0.4, 0.5) is 26.3 Å². The lowest BCUT2D eigenvalue weighted by atomic mass is 10.1. The maximum atomic E-state index is 13.0. The summed E-state index contributed by atoms with van der Waals surface area (Å²) < 4.78 is 77.1. The number of alkyl halides is 3. The van der Waals surface area contributed by atoms with E-state index in [4.69, 9.17) is 5.73 Å². The molecule has 3 N–H and O–H groups in total. The topological polar surface area (TPSA) is 67.5 Å². The Labute approximate surface area is 130 Å². The molecule has 0 aliphatic carbocycles. The summed E-state index contributed by atoms with van der Waals surface area (Å²) in [5.41, 5.74) is 5.06. The maximum absolute atomic E-state index is 13.0. The third kappa shape index (κ3) is 3.89. The van der Waals surface area contributed by atoms with E-state index in [0.717, 1.165) is 0 Å². The molecule has 2 rings (SSSR count). The van der Waals surface area contributed by atoms with Crippen molar-refractivity contribution < 1.29 is 31.1 Å². The number of hydrogen-bond acceptors (Lipinski definition) is 4. The van der Waals surface area contributed by atoms with Gasteiger partial charge in [-0.25, -0.2) is 18.2 Å². The Balaban J connectivity index is 2.05. The molecule has 1 aromatic carbocycles. The van der Waals surface area contributed by atoms with Crippen molar-refractivity contribution in [2.24, 2.45) is 10.7 Å². The minimum Gasteiger partial charge on any atom is -0.379 e. The Bertz CT molecular complexity index is 640. The normalized spacial score (nSPS) is 21.2. The van der Waals surface area contributed by atoms with E-state index >= 15 is 0 Å². The number of carbonyl (C=O) groups excluding carboxylic acids is 1. The molecule has 126 valence electrons.